The molecule has 0 aromatic carbocycles. The molecule has 0 radical (unpaired) electrons. The molecule has 0 aliphatic carbocycles. The van der Waals surface area contributed by atoms with Crippen LogP contribution < -0.4 is 0 Å². The minimum atomic E-state index is -4.56. The van der Waals surface area contributed by atoms with Crippen LogP contribution in [-0.2, 0) is 24.1 Å². The molecule has 1 aromatic heterocycles. The lowest BCUT2D eigenvalue weighted by atomic mass is 10.0. The van der Waals surface area contributed by atoms with Crippen LogP contribution in [0.2, 0.25) is 0 Å². The Morgan fingerprint density at radius 1 is 1.43 bits per heavy atom. The van der Waals surface area contributed by atoms with E-state index >= 15 is 0 Å². The standard InChI is InChI=1S/C12H14F3N5O/c1-2-3-8(6-16)10(21)19-4-5-20-9(7-19)17-18-11(20)12(13,14)15/h8H,2-5,7H2,1H3. The number of rotatable bonds is 3. The number of halogens is 3. The van der Waals surface area contributed by atoms with Crippen molar-refractivity contribution in [3.05, 3.63) is 11.6 Å². The highest BCUT2D eigenvalue weighted by Gasteiger charge is 2.40. The Morgan fingerprint density at radius 3 is 2.71 bits per heavy atom. The summed E-state index contributed by atoms with van der Waals surface area (Å²) in [5, 5.41) is 15.6. The highest BCUT2D eigenvalue weighted by atomic mass is 19.4. The van der Waals surface area contributed by atoms with Crippen LogP contribution in [-0.4, -0.2) is 32.1 Å². The summed E-state index contributed by atoms with van der Waals surface area (Å²) in [5.74, 6) is -2.07. The van der Waals surface area contributed by atoms with E-state index in [4.69, 9.17) is 5.26 Å². The van der Waals surface area contributed by atoms with Gasteiger partial charge in [0.15, 0.2) is 5.82 Å². The molecule has 1 aliphatic heterocycles. The summed E-state index contributed by atoms with van der Waals surface area (Å²) in [6, 6.07) is 1.94. The van der Waals surface area contributed by atoms with Gasteiger partial charge in [-0.3, -0.25) is 4.79 Å². The zero-order chi connectivity index (χ0) is 15.6. The highest BCUT2D eigenvalue weighted by Crippen LogP contribution is 2.29. The molecule has 21 heavy (non-hydrogen) atoms. The van der Waals surface area contributed by atoms with Gasteiger partial charge in [-0.1, -0.05) is 13.3 Å². The molecule has 6 nitrogen and oxygen atoms in total. The number of nitriles is 1. The Kier molecular flexibility index (Phi) is 4.16. The first kappa shape index (κ1) is 15.3. The summed E-state index contributed by atoms with van der Waals surface area (Å²) in [7, 11) is 0. The van der Waals surface area contributed by atoms with Gasteiger partial charge in [0.05, 0.1) is 12.6 Å². The first-order valence-corrected chi connectivity index (χ1v) is 6.56. The fourth-order valence-electron chi connectivity index (χ4n) is 2.31. The van der Waals surface area contributed by atoms with Crippen LogP contribution in [0.25, 0.3) is 0 Å². The summed E-state index contributed by atoms with van der Waals surface area (Å²) < 4.78 is 39.1. The number of amides is 1. The normalized spacial score (nSPS) is 16.2. The minimum absolute atomic E-state index is 0.0206. The van der Waals surface area contributed by atoms with Gasteiger partial charge in [-0.25, -0.2) is 0 Å². The summed E-state index contributed by atoms with van der Waals surface area (Å²) >= 11 is 0. The van der Waals surface area contributed by atoms with Crippen molar-refractivity contribution in [1.29, 1.82) is 5.26 Å². The lowest BCUT2D eigenvalue weighted by Crippen LogP contribution is -2.42. The zero-order valence-electron chi connectivity index (χ0n) is 11.4. The van der Waals surface area contributed by atoms with Gasteiger partial charge < -0.3 is 9.47 Å². The molecule has 114 valence electrons. The largest absolute Gasteiger partial charge is 0.451 e. The van der Waals surface area contributed by atoms with Crippen molar-refractivity contribution in [2.75, 3.05) is 6.54 Å². The van der Waals surface area contributed by atoms with E-state index in [1.807, 2.05) is 13.0 Å². The molecule has 1 aliphatic rings. The Bertz CT molecular complexity index is 574. The predicted octanol–water partition coefficient (Wildman–Crippen LogP) is 1.58. The quantitative estimate of drug-likeness (QED) is 0.849. The third-order valence-corrected chi connectivity index (χ3v) is 3.35. The van der Waals surface area contributed by atoms with E-state index in [-0.39, 0.29) is 31.4 Å². The van der Waals surface area contributed by atoms with Crippen molar-refractivity contribution in [3.63, 3.8) is 0 Å². The molecular formula is C12H14F3N5O. The van der Waals surface area contributed by atoms with Crippen LogP contribution in [0.1, 0.15) is 31.4 Å². The van der Waals surface area contributed by atoms with Gasteiger partial charge in [-0.2, -0.15) is 18.4 Å². The predicted molar refractivity (Wildman–Crippen MR) is 64.5 cm³/mol. The van der Waals surface area contributed by atoms with E-state index in [0.29, 0.717) is 12.8 Å². The average Bonchev–Trinajstić information content (AvgIpc) is 2.86. The average molecular weight is 301 g/mol. The molecule has 0 fully saturated rings. The van der Waals surface area contributed by atoms with Crippen LogP contribution >= 0.6 is 0 Å². The monoisotopic (exact) mass is 301 g/mol. The second kappa shape index (κ2) is 5.71. The van der Waals surface area contributed by atoms with Crippen LogP contribution in [0.5, 0.6) is 0 Å². The molecule has 0 saturated heterocycles. The third kappa shape index (κ3) is 2.99. The van der Waals surface area contributed by atoms with Crippen molar-refractivity contribution < 1.29 is 18.0 Å². The van der Waals surface area contributed by atoms with Crippen molar-refractivity contribution in [2.24, 2.45) is 5.92 Å². The molecule has 1 atom stereocenters. The maximum Gasteiger partial charge on any atom is 0.451 e. The van der Waals surface area contributed by atoms with E-state index in [0.717, 1.165) is 4.57 Å². The van der Waals surface area contributed by atoms with Gasteiger partial charge in [0.2, 0.25) is 11.7 Å². The Morgan fingerprint density at radius 2 is 2.14 bits per heavy atom. The van der Waals surface area contributed by atoms with E-state index in [1.54, 1.807) is 0 Å². The number of nitrogens with zero attached hydrogens (tertiary/aromatic N) is 5. The fourth-order valence-corrected chi connectivity index (χ4v) is 2.31. The first-order chi connectivity index (χ1) is 9.88. The second-order valence-corrected chi connectivity index (χ2v) is 4.82. The molecular weight excluding hydrogens is 287 g/mol. The first-order valence-electron chi connectivity index (χ1n) is 6.56. The Hall–Kier alpha value is -2.11. The number of carbonyl (C=O) groups excluding carboxylic acids is 1. The van der Waals surface area contributed by atoms with E-state index in [2.05, 4.69) is 10.2 Å². The van der Waals surface area contributed by atoms with E-state index in [9.17, 15) is 18.0 Å². The number of hydrogen-bond donors (Lipinski definition) is 0. The van der Waals surface area contributed by atoms with Gasteiger partial charge in [0.25, 0.3) is 0 Å². The van der Waals surface area contributed by atoms with Crippen molar-refractivity contribution >= 4 is 5.91 Å². The highest BCUT2D eigenvalue weighted by molar-refractivity contribution is 5.81. The molecule has 0 saturated carbocycles. The number of carbonyl (C=O) groups is 1. The Labute approximate surface area is 119 Å². The van der Waals surface area contributed by atoms with Crippen LogP contribution in [0.3, 0.4) is 0 Å². The zero-order valence-corrected chi connectivity index (χ0v) is 11.4. The SMILES string of the molecule is CCCC(C#N)C(=O)N1CCn2c(nnc2C(F)(F)F)C1. The molecule has 2 rings (SSSR count). The topological polar surface area (TPSA) is 74.8 Å². The third-order valence-electron chi connectivity index (χ3n) is 3.35. The summed E-state index contributed by atoms with van der Waals surface area (Å²) in [4.78, 5) is 13.5. The molecule has 2 heterocycles. The van der Waals surface area contributed by atoms with E-state index < -0.39 is 17.9 Å². The van der Waals surface area contributed by atoms with Crippen molar-refractivity contribution in [1.82, 2.24) is 19.7 Å². The second-order valence-electron chi connectivity index (χ2n) is 4.82. The minimum Gasteiger partial charge on any atom is -0.332 e. The lowest BCUT2D eigenvalue weighted by Gasteiger charge is -2.29. The number of hydrogen-bond acceptors (Lipinski definition) is 4. The molecule has 0 bridgehead atoms. The van der Waals surface area contributed by atoms with Crippen LogP contribution in [0, 0.1) is 17.2 Å². The maximum atomic E-state index is 12.7. The molecule has 0 N–H and O–H groups in total. The molecule has 0 spiro atoms. The maximum absolute atomic E-state index is 12.7. The van der Waals surface area contributed by atoms with Gasteiger partial charge in [-0.05, 0) is 6.42 Å². The van der Waals surface area contributed by atoms with E-state index in [1.165, 1.54) is 4.90 Å². The van der Waals surface area contributed by atoms with Gasteiger partial charge in [-0.15, -0.1) is 10.2 Å². The fraction of sp³-hybridized carbons (Fsp3) is 0.667. The summed E-state index contributed by atoms with van der Waals surface area (Å²) in [6.45, 7) is 1.91. The number of alkyl halides is 3. The molecule has 1 unspecified atom stereocenters. The molecule has 9 heteroatoms. The number of aromatic nitrogens is 3. The van der Waals surface area contributed by atoms with Crippen LogP contribution in [0.15, 0.2) is 0 Å². The van der Waals surface area contributed by atoms with Crippen LogP contribution in [0.4, 0.5) is 13.2 Å². The smallest absolute Gasteiger partial charge is 0.332 e. The summed E-state index contributed by atoms with van der Waals surface area (Å²) in [5.41, 5.74) is 0. The number of fused-ring (bicyclic) bond motifs is 1. The molecule has 1 aromatic rings. The van der Waals surface area contributed by atoms with Gasteiger partial charge >= 0.3 is 6.18 Å². The Balaban J connectivity index is 2.16. The van der Waals surface area contributed by atoms with Gasteiger partial charge in [0, 0.05) is 13.1 Å². The van der Waals surface area contributed by atoms with Crippen molar-refractivity contribution in [2.45, 2.75) is 39.0 Å². The summed E-state index contributed by atoms with van der Waals surface area (Å²) in [6.07, 6.45) is -3.44. The van der Waals surface area contributed by atoms with Gasteiger partial charge in [0.1, 0.15) is 5.92 Å². The van der Waals surface area contributed by atoms with Crippen molar-refractivity contribution in [3.8, 4) is 6.07 Å². The molecule has 1 amide bonds. The lowest BCUT2D eigenvalue weighted by molar-refractivity contribution is -0.148.